The number of hydrogen-bond donors (Lipinski definition) is 2. The van der Waals surface area contributed by atoms with E-state index >= 15 is 0 Å². The standard InChI is InChI=1S/C11H10ClFN4/c1-6-2-3-7(4-8(6)13)17-11-9(12)10(14)15-5-16-11/h2-5H,1H3,(H3,14,15,16,17). The lowest BCUT2D eigenvalue weighted by Crippen LogP contribution is -2.00. The van der Waals surface area contributed by atoms with Gasteiger partial charge in [-0.3, -0.25) is 0 Å². The third-order valence-electron chi connectivity index (χ3n) is 2.25. The zero-order chi connectivity index (χ0) is 12.4. The maximum absolute atomic E-state index is 13.3. The molecule has 1 aromatic carbocycles. The number of halogens is 2. The summed E-state index contributed by atoms with van der Waals surface area (Å²) in [6.45, 7) is 1.69. The fourth-order valence-electron chi connectivity index (χ4n) is 1.28. The molecule has 0 bridgehead atoms. The third kappa shape index (κ3) is 2.45. The van der Waals surface area contributed by atoms with Gasteiger partial charge in [-0.05, 0) is 24.6 Å². The Morgan fingerprint density at radius 2 is 2.12 bits per heavy atom. The van der Waals surface area contributed by atoms with Gasteiger partial charge in [0.15, 0.2) is 5.82 Å². The second kappa shape index (κ2) is 4.55. The molecule has 0 saturated carbocycles. The third-order valence-corrected chi connectivity index (χ3v) is 2.62. The minimum Gasteiger partial charge on any atom is -0.382 e. The van der Waals surface area contributed by atoms with Gasteiger partial charge in [0.25, 0.3) is 0 Å². The van der Waals surface area contributed by atoms with Crippen molar-refractivity contribution in [3.63, 3.8) is 0 Å². The molecule has 17 heavy (non-hydrogen) atoms. The molecule has 0 amide bonds. The molecule has 1 aromatic heterocycles. The van der Waals surface area contributed by atoms with Crippen LogP contribution in [0.4, 0.5) is 21.7 Å². The Bertz CT molecular complexity index is 559. The summed E-state index contributed by atoms with van der Waals surface area (Å²) in [6.07, 6.45) is 1.29. The molecule has 4 nitrogen and oxygen atoms in total. The number of nitrogen functional groups attached to an aromatic ring is 1. The monoisotopic (exact) mass is 252 g/mol. The van der Waals surface area contributed by atoms with Crippen LogP contribution in [0.2, 0.25) is 5.02 Å². The summed E-state index contributed by atoms with van der Waals surface area (Å²) in [5.74, 6) is 0.229. The van der Waals surface area contributed by atoms with Crippen molar-refractivity contribution < 1.29 is 4.39 Å². The lowest BCUT2D eigenvalue weighted by Gasteiger charge is -2.08. The van der Waals surface area contributed by atoms with Crippen LogP contribution in [0.1, 0.15) is 5.56 Å². The summed E-state index contributed by atoms with van der Waals surface area (Å²) < 4.78 is 13.3. The highest BCUT2D eigenvalue weighted by Crippen LogP contribution is 2.26. The molecular weight excluding hydrogens is 243 g/mol. The van der Waals surface area contributed by atoms with Crippen molar-refractivity contribution in [1.29, 1.82) is 0 Å². The van der Waals surface area contributed by atoms with Crippen molar-refractivity contribution in [3.05, 3.63) is 40.9 Å². The van der Waals surface area contributed by atoms with Crippen LogP contribution in [0.3, 0.4) is 0 Å². The molecule has 0 aliphatic rings. The first-order chi connectivity index (χ1) is 8.08. The van der Waals surface area contributed by atoms with E-state index in [0.29, 0.717) is 17.1 Å². The zero-order valence-corrected chi connectivity index (χ0v) is 9.79. The summed E-state index contributed by atoms with van der Waals surface area (Å²) in [5, 5.41) is 3.09. The highest BCUT2D eigenvalue weighted by Gasteiger charge is 2.07. The lowest BCUT2D eigenvalue weighted by atomic mass is 10.2. The molecule has 0 atom stereocenters. The van der Waals surface area contributed by atoms with E-state index in [9.17, 15) is 4.39 Å². The normalized spacial score (nSPS) is 10.3. The van der Waals surface area contributed by atoms with Gasteiger partial charge < -0.3 is 11.1 Å². The molecule has 2 aromatic rings. The summed E-state index contributed by atoms with van der Waals surface area (Å²) in [4.78, 5) is 7.66. The number of nitrogens with one attached hydrogen (secondary N) is 1. The quantitative estimate of drug-likeness (QED) is 0.863. The number of aromatic nitrogens is 2. The number of nitrogens with zero attached hydrogens (tertiary/aromatic N) is 2. The van der Waals surface area contributed by atoms with E-state index in [2.05, 4.69) is 15.3 Å². The van der Waals surface area contributed by atoms with Gasteiger partial charge in [-0.15, -0.1) is 0 Å². The Labute approximate surface area is 103 Å². The zero-order valence-electron chi connectivity index (χ0n) is 9.04. The summed E-state index contributed by atoms with van der Waals surface area (Å²) >= 11 is 5.91. The molecular formula is C11H10ClFN4. The molecule has 6 heteroatoms. The van der Waals surface area contributed by atoms with Crippen LogP contribution in [-0.2, 0) is 0 Å². The van der Waals surface area contributed by atoms with Crippen LogP contribution in [-0.4, -0.2) is 9.97 Å². The van der Waals surface area contributed by atoms with E-state index in [1.165, 1.54) is 12.4 Å². The molecule has 2 rings (SSSR count). The predicted octanol–water partition coefficient (Wildman–Crippen LogP) is 2.90. The number of benzene rings is 1. The van der Waals surface area contributed by atoms with Crippen LogP contribution in [0.5, 0.6) is 0 Å². The summed E-state index contributed by atoms with van der Waals surface area (Å²) in [7, 11) is 0. The van der Waals surface area contributed by atoms with Gasteiger partial charge in [0.05, 0.1) is 0 Å². The molecule has 0 radical (unpaired) electrons. The number of nitrogens with two attached hydrogens (primary N) is 1. The largest absolute Gasteiger partial charge is 0.382 e. The molecule has 0 unspecified atom stereocenters. The molecule has 3 N–H and O–H groups in total. The van der Waals surface area contributed by atoms with Crippen LogP contribution in [0, 0.1) is 12.7 Å². The molecule has 0 spiro atoms. The van der Waals surface area contributed by atoms with Gasteiger partial charge in [0.2, 0.25) is 0 Å². The maximum Gasteiger partial charge on any atom is 0.154 e. The van der Waals surface area contributed by atoms with Gasteiger partial charge in [-0.2, -0.15) is 0 Å². The van der Waals surface area contributed by atoms with E-state index in [0.717, 1.165) is 0 Å². The second-order valence-corrected chi connectivity index (χ2v) is 3.89. The van der Waals surface area contributed by atoms with Crippen molar-refractivity contribution >= 4 is 28.9 Å². The van der Waals surface area contributed by atoms with E-state index in [-0.39, 0.29) is 16.7 Å². The Morgan fingerprint density at radius 1 is 1.35 bits per heavy atom. The average Bonchev–Trinajstić information content (AvgIpc) is 2.30. The lowest BCUT2D eigenvalue weighted by molar-refractivity contribution is 0.619. The number of hydrogen-bond acceptors (Lipinski definition) is 4. The van der Waals surface area contributed by atoms with E-state index < -0.39 is 0 Å². The van der Waals surface area contributed by atoms with Crippen molar-refractivity contribution in [2.24, 2.45) is 0 Å². The van der Waals surface area contributed by atoms with Gasteiger partial charge in [0.1, 0.15) is 23.0 Å². The molecule has 0 aliphatic carbocycles. The Kier molecular flexibility index (Phi) is 3.10. The Hall–Kier alpha value is -1.88. The van der Waals surface area contributed by atoms with Crippen molar-refractivity contribution in [1.82, 2.24) is 9.97 Å². The first-order valence-corrected chi connectivity index (χ1v) is 5.25. The van der Waals surface area contributed by atoms with Gasteiger partial charge in [-0.25, -0.2) is 14.4 Å². The van der Waals surface area contributed by atoms with Crippen LogP contribution in [0.25, 0.3) is 0 Å². The van der Waals surface area contributed by atoms with Gasteiger partial charge >= 0.3 is 0 Å². The van der Waals surface area contributed by atoms with Crippen LogP contribution < -0.4 is 11.1 Å². The first-order valence-electron chi connectivity index (χ1n) is 4.87. The maximum atomic E-state index is 13.3. The first kappa shape index (κ1) is 11.6. The molecule has 0 aliphatic heterocycles. The van der Waals surface area contributed by atoms with Crippen LogP contribution in [0.15, 0.2) is 24.5 Å². The smallest absolute Gasteiger partial charge is 0.154 e. The van der Waals surface area contributed by atoms with Gasteiger partial charge in [0, 0.05) is 5.69 Å². The van der Waals surface area contributed by atoms with E-state index in [1.807, 2.05) is 0 Å². The van der Waals surface area contributed by atoms with Crippen molar-refractivity contribution in [3.8, 4) is 0 Å². The minimum absolute atomic E-state index is 0.178. The molecule has 0 fully saturated rings. The highest BCUT2D eigenvalue weighted by atomic mass is 35.5. The van der Waals surface area contributed by atoms with Crippen LogP contribution >= 0.6 is 11.6 Å². The molecule has 88 valence electrons. The topological polar surface area (TPSA) is 63.8 Å². The Balaban J connectivity index is 2.31. The fourth-order valence-corrected chi connectivity index (χ4v) is 1.42. The number of aryl methyl sites for hydroxylation is 1. The van der Waals surface area contributed by atoms with Gasteiger partial charge in [-0.1, -0.05) is 17.7 Å². The van der Waals surface area contributed by atoms with E-state index in [4.69, 9.17) is 17.3 Å². The Morgan fingerprint density at radius 3 is 2.82 bits per heavy atom. The van der Waals surface area contributed by atoms with Crippen molar-refractivity contribution in [2.45, 2.75) is 6.92 Å². The van der Waals surface area contributed by atoms with E-state index in [1.54, 1.807) is 19.1 Å². The highest BCUT2D eigenvalue weighted by molar-refractivity contribution is 6.35. The summed E-state index contributed by atoms with van der Waals surface area (Å²) in [5.41, 5.74) is 6.65. The average molecular weight is 253 g/mol. The molecule has 0 saturated heterocycles. The van der Waals surface area contributed by atoms with Crippen molar-refractivity contribution in [2.75, 3.05) is 11.1 Å². The number of anilines is 3. The molecule has 1 heterocycles. The predicted molar refractivity (Wildman–Crippen MR) is 65.9 cm³/mol. The fraction of sp³-hybridized carbons (Fsp3) is 0.0909. The SMILES string of the molecule is Cc1ccc(Nc2ncnc(N)c2Cl)cc1F. The second-order valence-electron chi connectivity index (χ2n) is 3.51. The number of rotatable bonds is 2. The minimum atomic E-state index is -0.298. The summed E-state index contributed by atoms with van der Waals surface area (Å²) in [6, 6.07) is 4.76.